The number of rotatable bonds is 8. The van der Waals surface area contributed by atoms with E-state index in [9.17, 15) is 4.79 Å². The molecule has 0 spiro atoms. The summed E-state index contributed by atoms with van der Waals surface area (Å²) in [6.45, 7) is 5.19. The second kappa shape index (κ2) is 8.47. The number of aryl methyl sites for hydroxylation is 2. The van der Waals surface area contributed by atoms with E-state index in [4.69, 9.17) is 4.74 Å². The van der Waals surface area contributed by atoms with E-state index in [1.54, 1.807) is 4.52 Å². The number of hydrogen-bond acceptors (Lipinski definition) is 4. The van der Waals surface area contributed by atoms with Gasteiger partial charge in [0.05, 0.1) is 18.7 Å². The monoisotopic (exact) mass is 352 g/mol. The Morgan fingerprint density at radius 3 is 2.81 bits per heavy atom. The van der Waals surface area contributed by atoms with Gasteiger partial charge >= 0.3 is 0 Å². The molecule has 136 valence electrons. The van der Waals surface area contributed by atoms with Crippen LogP contribution in [0.5, 0.6) is 5.75 Å². The lowest BCUT2D eigenvalue weighted by Gasteiger charge is -2.07. The lowest BCUT2D eigenvalue weighted by atomic mass is 10.1. The molecule has 0 aliphatic carbocycles. The van der Waals surface area contributed by atoms with Crippen LogP contribution < -0.4 is 10.1 Å². The van der Waals surface area contributed by atoms with E-state index in [0.717, 1.165) is 41.1 Å². The predicted molar refractivity (Wildman–Crippen MR) is 100 cm³/mol. The zero-order valence-electron chi connectivity index (χ0n) is 15.2. The number of carbonyl (C=O) groups excluding carboxylic acids is 1. The molecule has 0 saturated heterocycles. The van der Waals surface area contributed by atoms with E-state index in [-0.39, 0.29) is 5.91 Å². The molecule has 0 radical (unpaired) electrons. The van der Waals surface area contributed by atoms with Crippen LogP contribution in [0.25, 0.3) is 5.65 Å². The highest BCUT2D eigenvalue weighted by atomic mass is 16.5. The normalized spacial score (nSPS) is 10.8. The van der Waals surface area contributed by atoms with E-state index in [1.807, 2.05) is 56.6 Å². The summed E-state index contributed by atoms with van der Waals surface area (Å²) in [5.74, 6) is 0.861. The number of ether oxygens (including phenoxy) is 1. The van der Waals surface area contributed by atoms with Crippen LogP contribution in [0.2, 0.25) is 0 Å². The van der Waals surface area contributed by atoms with Crippen LogP contribution in [-0.2, 0) is 17.6 Å². The molecule has 0 bridgehead atoms. The molecule has 3 aromatic rings. The van der Waals surface area contributed by atoms with Crippen LogP contribution in [0.3, 0.4) is 0 Å². The number of benzene rings is 1. The van der Waals surface area contributed by atoms with Gasteiger partial charge in [0, 0.05) is 25.0 Å². The van der Waals surface area contributed by atoms with Crippen molar-refractivity contribution in [3.63, 3.8) is 0 Å². The molecule has 1 aromatic carbocycles. The Balaban J connectivity index is 1.41. The van der Waals surface area contributed by atoms with Crippen LogP contribution >= 0.6 is 0 Å². The van der Waals surface area contributed by atoms with Gasteiger partial charge in [-0.2, -0.15) is 5.10 Å². The van der Waals surface area contributed by atoms with Gasteiger partial charge in [-0.05, 0) is 49.9 Å². The second-order valence-electron chi connectivity index (χ2n) is 6.26. The van der Waals surface area contributed by atoms with E-state index in [2.05, 4.69) is 15.4 Å². The van der Waals surface area contributed by atoms with Crippen LogP contribution in [0, 0.1) is 6.92 Å². The van der Waals surface area contributed by atoms with Gasteiger partial charge in [0.2, 0.25) is 5.91 Å². The molecule has 2 heterocycles. The quantitative estimate of drug-likeness (QED) is 0.633. The summed E-state index contributed by atoms with van der Waals surface area (Å²) in [4.78, 5) is 16.4. The topological polar surface area (TPSA) is 68.5 Å². The SMILES string of the molecule is CCOc1ccc(CC(=O)NCCCc2cnc3cc(C)nn3c2)cc1. The van der Waals surface area contributed by atoms with Crippen molar-refractivity contribution in [3.05, 3.63) is 59.5 Å². The standard InChI is InChI=1S/C20H24N4O2/c1-3-26-18-8-6-16(7-9-18)12-20(25)21-10-4-5-17-13-22-19-11-15(2)23-24(19)14-17/h6-9,11,13-14H,3-5,10,12H2,1-2H3,(H,21,25). The minimum absolute atomic E-state index is 0.0328. The van der Waals surface area contributed by atoms with Gasteiger partial charge in [-0.15, -0.1) is 0 Å². The van der Waals surface area contributed by atoms with Gasteiger partial charge in [-0.3, -0.25) is 4.79 Å². The van der Waals surface area contributed by atoms with Crippen molar-refractivity contribution >= 4 is 11.6 Å². The lowest BCUT2D eigenvalue weighted by Crippen LogP contribution is -2.26. The largest absolute Gasteiger partial charge is 0.494 e. The fourth-order valence-corrected chi connectivity index (χ4v) is 2.80. The summed E-state index contributed by atoms with van der Waals surface area (Å²) >= 11 is 0. The number of nitrogens with one attached hydrogen (secondary N) is 1. The number of fused-ring (bicyclic) bond motifs is 1. The molecule has 1 N–H and O–H groups in total. The molecule has 3 rings (SSSR count). The van der Waals surface area contributed by atoms with Crippen molar-refractivity contribution in [2.45, 2.75) is 33.1 Å². The van der Waals surface area contributed by atoms with Crippen LogP contribution in [0.4, 0.5) is 0 Å². The molecular formula is C20H24N4O2. The van der Waals surface area contributed by atoms with Crippen LogP contribution in [-0.4, -0.2) is 33.7 Å². The summed E-state index contributed by atoms with van der Waals surface area (Å²) in [5, 5.41) is 7.34. The van der Waals surface area contributed by atoms with E-state index in [0.29, 0.717) is 19.6 Å². The molecule has 0 saturated carbocycles. The van der Waals surface area contributed by atoms with Crippen LogP contribution in [0.15, 0.2) is 42.7 Å². The first-order valence-electron chi connectivity index (χ1n) is 8.93. The maximum atomic E-state index is 12.0. The Kier molecular flexibility index (Phi) is 5.84. The molecule has 1 amide bonds. The van der Waals surface area contributed by atoms with Crippen molar-refractivity contribution in [2.75, 3.05) is 13.2 Å². The molecule has 0 fully saturated rings. The number of nitrogens with zero attached hydrogens (tertiary/aromatic N) is 3. The van der Waals surface area contributed by atoms with E-state index < -0.39 is 0 Å². The van der Waals surface area contributed by atoms with Gasteiger partial charge in [0.25, 0.3) is 0 Å². The molecule has 0 atom stereocenters. The summed E-state index contributed by atoms with van der Waals surface area (Å²) < 4.78 is 7.20. The maximum Gasteiger partial charge on any atom is 0.224 e. The highest BCUT2D eigenvalue weighted by Crippen LogP contribution is 2.12. The van der Waals surface area contributed by atoms with Crippen molar-refractivity contribution in [1.82, 2.24) is 19.9 Å². The van der Waals surface area contributed by atoms with Gasteiger partial charge in [-0.1, -0.05) is 12.1 Å². The Labute approximate surface area is 153 Å². The Morgan fingerprint density at radius 2 is 2.04 bits per heavy atom. The van der Waals surface area contributed by atoms with Crippen molar-refractivity contribution in [2.24, 2.45) is 0 Å². The van der Waals surface area contributed by atoms with Gasteiger partial charge in [-0.25, -0.2) is 9.50 Å². The minimum atomic E-state index is 0.0328. The summed E-state index contributed by atoms with van der Waals surface area (Å²) in [7, 11) is 0. The lowest BCUT2D eigenvalue weighted by molar-refractivity contribution is -0.120. The highest BCUT2D eigenvalue weighted by Gasteiger charge is 2.04. The third kappa shape index (κ3) is 4.81. The average molecular weight is 352 g/mol. The van der Waals surface area contributed by atoms with E-state index >= 15 is 0 Å². The Bertz CT molecular complexity index is 871. The van der Waals surface area contributed by atoms with Gasteiger partial charge in [0.15, 0.2) is 5.65 Å². The fraction of sp³-hybridized carbons (Fsp3) is 0.350. The number of hydrogen-bond donors (Lipinski definition) is 1. The second-order valence-corrected chi connectivity index (χ2v) is 6.26. The molecule has 2 aromatic heterocycles. The zero-order valence-corrected chi connectivity index (χ0v) is 15.2. The molecule has 6 nitrogen and oxygen atoms in total. The molecular weight excluding hydrogens is 328 g/mol. The smallest absolute Gasteiger partial charge is 0.224 e. The van der Waals surface area contributed by atoms with Gasteiger partial charge in [0.1, 0.15) is 5.75 Å². The first kappa shape index (κ1) is 17.9. The maximum absolute atomic E-state index is 12.0. The number of amides is 1. The average Bonchev–Trinajstić information content (AvgIpc) is 3.00. The third-order valence-electron chi connectivity index (χ3n) is 4.05. The van der Waals surface area contributed by atoms with Crippen molar-refractivity contribution in [1.29, 1.82) is 0 Å². The van der Waals surface area contributed by atoms with Crippen LogP contribution in [0.1, 0.15) is 30.2 Å². The van der Waals surface area contributed by atoms with Crippen molar-refractivity contribution < 1.29 is 9.53 Å². The molecule has 26 heavy (non-hydrogen) atoms. The molecule has 6 heteroatoms. The summed E-state index contributed by atoms with van der Waals surface area (Å²) in [6.07, 6.45) is 5.97. The third-order valence-corrected chi connectivity index (χ3v) is 4.05. The summed E-state index contributed by atoms with van der Waals surface area (Å²) in [6, 6.07) is 9.60. The summed E-state index contributed by atoms with van der Waals surface area (Å²) in [5.41, 5.74) is 3.90. The number of carbonyl (C=O) groups is 1. The Morgan fingerprint density at radius 1 is 1.23 bits per heavy atom. The fourth-order valence-electron chi connectivity index (χ4n) is 2.80. The number of aromatic nitrogens is 3. The zero-order chi connectivity index (χ0) is 18.4. The minimum Gasteiger partial charge on any atom is -0.494 e. The van der Waals surface area contributed by atoms with E-state index in [1.165, 1.54) is 0 Å². The first-order chi connectivity index (χ1) is 12.6. The van der Waals surface area contributed by atoms with Crippen molar-refractivity contribution in [3.8, 4) is 5.75 Å². The molecule has 0 aliphatic rings. The highest BCUT2D eigenvalue weighted by molar-refractivity contribution is 5.78. The predicted octanol–water partition coefficient (Wildman–Crippen LogP) is 2.73. The molecule has 0 unspecified atom stereocenters. The Hall–Kier alpha value is -2.89. The molecule has 0 aliphatic heterocycles. The van der Waals surface area contributed by atoms with Gasteiger partial charge < -0.3 is 10.1 Å². The first-order valence-corrected chi connectivity index (χ1v) is 8.93.